The molecule has 0 saturated heterocycles. The van der Waals surface area contributed by atoms with Gasteiger partial charge in [0.25, 0.3) is 0 Å². The van der Waals surface area contributed by atoms with Crippen LogP contribution in [0, 0.1) is 0 Å². The normalized spacial score (nSPS) is 9.91. The number of imidazole rings is 1. The lowest BCUT2D eigenvalue weighted by molar-refractivity contribution is 0.721. The Morgan fingerprint density at radius 2 is 2.64 bits per heavy atom. The Morgan fingerprint density at radius 1 is 1.82 bits per heavy atom. The SMILES string of the molecule is C=C(Cl)CNCc1ncc[nH]1. The van der Waals surface area contributed by atoms with Crippen molar-refractivity contribution in [3.8, 4) is 0 Å². The van der Waals surface area contributed by atoms with Crippen molar-refractivity contribution in [1.29, 1.82) is 0 Å². The van der Waals surface area contributed by atoms with Crippen molar-refractivity contribution >= 4 is 11.6 Å². The summed E-state index contributed by atoms with van der Waals surface area (Å²) in [6, 6.07) is 0. The summed E-state index contributed by atoms with van der Waals surface area (Å²) in [7, 11) is 0. The van der Waals surface area contributed by atoms with Crippen LogP contribution in [0.1, 0.15) is 5.82 Å². The second-order valence-electron chi connectivity index (χ2n) is 2.16. The smallest absolute Gasteiger partial charge is 0.120 e. The lowest BCUT2D eigenvalue weighted by Crippen LogP contribution is -2.15. The molecule has 0 aliphatic carbocycles. The van der Waals surface area contributed by atoms with Gasteiger partial charge in [0.2, 0.25) is 0 Å². The van der Waals surface area contributed by atoms with E-state index in [2.05, 4.69) is 21.9 Å². The van der Waals surface area contributed by atoms with Gasteiger partial charge in [0.15, 0.2) is 0 Å². The topological polar surface area (TPSA) is 40.7 Å². The largest absolute Gasteiger partial charge is 0.348 e. The number of nitrogens with one attached hydrogen (secondary N) is 2. The highest BCUT2D eigenvalue weighted by Crippen LogP contribution is 1.93. The highest BCUT2D eigenvalue weighted by molar-refractivity contribution is 6.29. The molecule has 0 spiro atoms. The van der Waals surface area contributed by atoms with Gasteiger partial charge in [-0.1, -0.05) is 18.2 Å². The zero-order valence-electron chi connectivity index (χ0n) is 6.10. The Labute approximate surface area is 70.5 Å². The van der Waals surface area contributed by atoms with Crippen LogP contribution in [0.2, 0.25) is 0 Å². The third-order valence-corrected chi connectivity index (χ3v) is 1.30. The van der Waals surface area contributed by atoms with Crippen LogP contribution >= 0.6 is 11.6 Å². The number of hydrogen-bond donors (Lipinski definition) is 2. The fourth-order valence-corrected chi connectivity index (χ4v) is 0.806. The first-order chi connectivity index (χ1) is 5.29. The lowest BCUT2D eigenvalue weighted by Gasteiger charge is -1.98. The van der Waals surface area contributed by atoms with Crippen molar-refractivity contribution < 1.29 is 0 Å². The van der Waals surface area contributed by atoms with Gasteiger partial charge < -0.3 is 10.3 Å². The van der Waals surface area contributed by atoms with Gasteiger partial charge in [-0.2, -0.15) is 0 Å². The Bertz CT molecular complexity index is 218. The van der Waals surface area contributed by atoms with E-state index in [1.54, 1.807) is 12.4 Å². The highest BCUT2D eigenvalue weighted by atomic mass is 35.5. The Morgan fingerprint density at radius 3 is 3.18 bits per heavy atom. The molecule has 0 fully saturated rings. The van der Waals surface area contributed by atoms with Gasteiger partial charge in [0.05, 0.1) is 6.54 Å². The van der Waals surface area contributed by atoms with Crippen molar-refractivity contribution in [2.45, 2.75) is 6.54 Å². The van der Waals surface area contributed by atoms with Gasteiger partial charge in [-0.25, -0.2) is 4.98 Å². The van der Waals surface area contributed by atoms with Crippen LogP contribution < -0.4 is 5.32 Å². The number of halogens is 1. The van der Waals surface area contributed by atoms with E-state index >= 15 is 0 Å². The average Bonchev–Trinajstić information content (AvgIpc) is 2.39. The second kappa shape index (κ2) is 4.16. The minimum atomic E-state index is 0.608. The molecule has 0 aliphatic rings. The maximum absolute atomic E-state index is 5.53. The fraction of sp³-hybridized carbons (Fsp3) is 0.286. The third-order valence-electron chi connectivity index (χ3n) is 1.16. The number of aromatic amines is 1. The van der Waals surface area contributed by atoms with Crippen LogP contribution in [0.25, 0.3) is 0 Å². The zero-order chi connectivity index (χ0) is 8.10. The van der Waals surface area contributed by atoms with Crippen molar-refractivity contribution in [3.63, 3.8) is 0 Å². The third kappa shape index (κ3) is 3.20. The van der Waals surface area contributed by atoms with E-state index in [-0.39, 0.29) is 0 Å². The van der Waals surface area contributed by atoms with E-state index in [4.69, 9.17) is 11.6 Å². The summed E-state index contributed by atoms with van der Waals surface area (Å²) in [5.41, 5.74) is 0. The number of nitrogens with zero attached hydrogens (tertiary/aromatic N) is 1. The first-order valence-corrected chi connectivity index (χ1v) is 3.69. The van der Waals surface area contributed by atoms with E-state index < -0.39 is 0 Å². The Hall–Kier alpha value is -0.800. The molecule has 11 heavy (non-hydrogen) atoms. The highest BCUT2D eigenvalue weighted by Gasteiger charge is 1.92. The van der Waals surface area contributed by atoms with Crippen LogP contribution in [0.4, 0.5) is 0 Å². The minimum Gasteiger partial charge on any atom is -0.348 e. The molecule has 0 amide bonds. The van der Waals surface area contributed by atoms with Crippen molar-refractivity contribution in [2.24, 2.45) is 0 Å². The molecule has 1 aromatic rings. The van der Waals surface area contributed by atoms with E-state index in [0.29, 0.717) is 18.1 Å². The summed E-state index contributed by atoms with van der Waals surface area (Å²) in [6.07, 6.45) is 3.50. The number of H-pyrrole nitrogens is 1. The minimum absolute atomic E-state index is 0.608. The monoisotopic (exact) mass is 171 g/mol. The summed E-state index contributed by atoms with van der Waals surface area (Å²) in [6.45, 7) is 4.85. The molecule has 1 aromatic heterocycles. The average molecular weight is 172 g/mol. The molecular formula is C7H10ClN3. The summed E-state index contributed by atoms with van der Waals surface area (Å²) in [5, 5.41) is 3.67. The van der Waals surface area contributed by atoms with Crippen LogP contribution in [0.3, 0.4) is 0 Å². The molecule has 0 radical (unpaired) electrons. The van der Waals surface area contributed by atoms with E-state index in [1.807, 2.05) is 0 Å². The summed E-state index contributed by atoms with van der Waals surface area (Å²) in [4.78, 5) is 6.99. The standard InChI is InChI=1S/C7H10ClN3/c1-6(8)4-9-5-7-10-2-3-11-7/h2-3,9H,1,4-5H2,(H,10,11). The van der Waals surface area contributed by atoms with Crippen LogP contribution in [0.5, 0.6) is 0 Å². The van der Waals surface area contributed by atoms with Crippen LogP contribution in [-0.4, -0.2) is 16.5 Å². The van der Waals surface area contributed by atoms with E-state index in [9.17, 15) is 0 Å². The maximum Gasteiger partial charge on any atom is 0.120 e. The predicted octanol–water partition coefficient (Wildman–Crippen LogP) is 1.25. The van der Waals surface area contributed by atoms with Crippen LogP contribution in [-0.2, 0) is 6.54 Å². The van der Waals surface area contributed by atoms with Gasteiger partial charge >= 0.3 is 0 Å². The molecule has 2 N–H and O–H groups in total. The van der Waals surface area contributed by atoms with Crippen molar-refractivity contribution in [3.05, 3.63) is 29.8 Å². The van der Waals surface area contributed by atoms with Crippen molar-refractivity contribution in [2.75, 3.05) is 6.54 Å². The predicted molar refractivity (Wildman–Crippen MR) is 45.3 cm³/mol. The Balaban J connectivity index is 2.19. The summed E-state index contributed by atoms with van der Waals surface area (Å²) >= 11 is 5.53. The zero-order valence-corrected chi connectivity index (χ0v) is 6.86. The molecule has 60 valence electrons. The second-order valence-corrected chi connectivity index (χ2v) is 2.69. The maximum atomic E-state index is 5.53. The molecule has 0 bridgehead atoms. The van der Waals surface area contributed by atoms with E-state index in [1.165, 1.54) is 0 Å². The molecular weight excluding hydrogens is 162 g/mol. The summed E-state index contributed by atoms with van der Waals surface area (Å²) in [5.74, 6) is 0.905. The molecule has 0 aromatic carbocycles. The lowest BCUT2D eigenvalue weighted by atomic mass is 10.5. The van der Waals surface area contributed by atoms with Gasteiger partial charge in [-0.3, -0.25) is 0 Å². The summed E-state index contributed by atoms with van der Waals surface area (Å²) < 4.78 is 0. The fourth-order valence-electron chi connectivity index (χ4n) is 0.711. The van der Waals surface area contributed by atoms with Crippen molar-refractivity contribution in [1.82, 2.24) is 15.3 Å². The molecule has 0 atom stereocenters. The van der Waals surface area contributed by atoms with E-state index in [0.717, 1.165) is 5.82 Å². The van der Waals surface area contributed by atoms with Crippen LogP contribution in [0.15, 0.2) is 24.0 Å². The molecule has 4 heteroatoms. The molecule has 0 aliphatic heterocycles. The number of hydrogen-bond acceptors (Lipinski definition) is 2. The number of rotatable bonds is 4. The first-order valence-electron chi connectivity index (χ1n) is 3.31. The molecule has 1 rings (SSSR count). The molecule has 0 saturated carbocycles. The van der Waals surface area contributed by atoms with Gasteiger partial charge in [-0.05, 0) is 0 Å². The number of aromatic nitrogens is 2. The molecule has 1 heterocycles. The molecule has 0 unspecified atom stereocenters. The molecule has 3 nitrogen and oxygen atoms in total. The van der Waals surface area contributed by atoms with Gasteiger partial charge in [-0.15, -0.1) is 0 Å². The van der Waals surface area contributed by atoms with Gasteiger partial charge in [0, 0.05) is 24.0 Å². The van der Waals surface area contributed by atoms with Gasteiger partial charge in [0.1, 0.15) is 5.82 Å². The first kappa shape index (κ1) is 8.30. The Kier molecular flexibility index (Phi) is 3.14. The quantitative estimate of drug-likeness (QED) is 0.716.